The highest BCUT2D eigenvalue weighted by Gasteiger charge is 2.68. The number of aliphatic carboxylic acids is 1. The van der Waals surface area contributed by atoms with Gasteiger partial charge in [0.2, 0.25) is 37.8 Å². The minimum absolute atomic E-state index is 0. The molecule has 10 aliphatic rings. The van der Waals surface area contributed by atoms with Gasteiger partial charge in [-0.25, -0.2) is 31.2 Å². The Kier molecular flexibility index (Phi) is 24.8. The van der Waals surface area contributed by atoms with E-state index in [-0.39, 0.29) is 80.4 Å². The number of carbonyl (C=O) groups is 8. The van der Waals surface area contributed by atoms with Crippen molar-refractivity contribution in [3.63, 3.8) is 0 Å². The molecule has 2 saturated heterocycles. The highest BCUT2D eigenvalue weighted by atomic mass is 32.2. The third kappa shape index (κ3) is 19.1. The second-order valence-corrected chi connectivity index (χ2v) is 41.3. The van der Waals surface area contributed by atoms with Gasteiger partial charge in [-0.15, -0.1) is 0 Å². The summed E-state index contributed by atoms with van der Waals surface area (Å²) in [4.78, 5) is 111. The molecule has 10 atom stereocenters. The number of aryl methyl sites for hydroxylation is 2. The molecule has 7 amide bonds. The standard InChI is InChI=1S/C42H58N4O9S.C32H44N2O7.C10H16N2O3S.CH4/c1-39(2,3)34-36(48)46-24-41(54-7,23-32(46)35(47)44-42(22-31(42)25-10-11-25)37(49)45-56(51,52)30-14-15-30)29-13-12-26-21-33(53-6)27(19-28(26)20-29)9-8-16-40(4,5)17-18-55-38(50)43-34;1-30(2,3)26-27(35)34-19-32(40-7,18-24(34)28(36)37)23-11-10-20-17-25(39-6)21(15-22(20)16-23)9-8-12-31(4,5)13-14-41-29(38)33-26;11-10(5-8(10)6-1-2-6)9(13)12-16(14,15)7-3-4-7;/h12-13,19-21,25,30-32,34H,8-11,14-18,22-24H2,1-7H3,(H,43,50)(H,44,47)(H,45,49);10-11,15-17,24,26H,8-9,12-14,18-19H2,1-7H3,(H,33,38)(H,36,37);6-8H,1-5,11H2,(H,12,13);1H4/t31-,32-,34+,41-,42+;24-,26+,32-;8-,10+;/m000./s1. The zero-order valence-corrected chi connectivity index (χ0v) is 69.7. The van der Waals surface area contributed by atoms with Crippen molar-refractivity contribution in [3.05, 3.63) is 82.9 Å². The second kappa shape index (κ2) is 32.6. The Labute approximate surface area is 671 Å². The molecular formula is C85H122N8O19S2. The Morgan fingerprint density at radius 3 is 1.35 bits per heavy atom. The summed E-state index contributed by atoms with van der Waals surface area (Å²) in [5.74, 6) is -1.50. The largest absolute Gasteiger partial charge is 0.496 e. The Morgan fingerprint density at radius 2 is 0.956 bits per heavy atom. The number of rotatable bonds is 15. The van der Waals surface area contributed by atoms with Gasteiger partial charge in [0.25, 0.3) is 11.8 Å². The molecule has 0 aromatic heterocycles. The van der Waals surface area contributed by atoms with Gasteiger partial charge >= 0.3 is 18.2 Å². The lowest BCUT2D eigenvalue weighted by molar-refractivity contribution is -0.150. The number of hydrogen-bond acceptors (Lipinski definition) is 19. The van der Waals surface area contributed by atoms with Crippen LogP contribution in [0, 0.1) is 45.3 Å². The first-order chi connectivity index (χ1) is 52.9. The van der Waals surface area contributed by atoms with Crippen molar-refractivity contribution in [3.8, 4) is 11.5 Å². The van der Waals surface area contributed by atoms with E-state index in [1.807, 2.05) is 90.1 Å². The Bertz CT molecular complexity index is 4600. The molecule has 4 aromatic rings. The fraction of sp³-hybridized carbons (Fsp3) is 0.671. The SMILES string of the molecule is C.COc1cc2ccc3cc2cc1CCCC(C)(C)CCOC(=O)N[C@@H](C(C)(C)C)C(=O)N1C[C@@]3(OC)C[C@H]1C(=O)N[C@]1(C(=O)NS(=O)(=O)C2CC2)C[C@H]1C1CC1.COc1cc2ccc3cc2cc1CCCC(C)(C)CCOC(=O)N[C@@H](C(C)(C)C)C(=O)N1C[C@@]3(OC)C[C@H]1C(=O)O.N[C@]1(C(=O)NS(=O)(=O)C2CC2)C[C@H]1C1CC1. The lowest BCUT2D eigenvalue weighted by Crippen LogP contribution is -2.60. The predicted octanol–water partition coefficient (Wildman–Crippen LogP) is 10.7. The third-order valence-electron chi connectivity index (χ3n) is 25.5. The minimum atomic E-state index is -3.87. The molecule has 628 valence electrons. The molecule has 10 bridgehead atoms. The maximum atomic E-state index is 14.9. The normalized spacial score (nSPS) is 29.3. The molecule has 4 aliphatic heterocycles. The average molecular weight is 1620 g/mol. The van der Waals surface area contributed by atoms with E-state index in [0.717, 1.165) is 120 Å². The Hall–Kier alpha value is -7.86. The van der Waals surface area contributed by atoms with Gasteiger partial charge in [-0.1, -0.05) is 101 Å². The van der Waals surface area contributed by atoms with Crippen LogP contribution in [0.1, 0.15) is 214 Å². The van der Waals surface area contributed by atoms with Gasteiger partial charge in [0.1, 0.15) is 52.4 Å². The summed E-state index contributed by atoms with van der Waals surface area (Å²) < 4.78 is 88.5. The minimum Gasteiger partial charge on any atom is -0.496 e. The van der Waals surface area contributed by atoms with Crippen LogP contribution in [-0.2, 0) is 91.8 Å². The molecule has 6 saturated carbocycles. The summed E-state index contributed by atoms with van der Waals surface area (Å²) in [6, 6.07) is 15.9. The van der Waals surface area contributed by atoms with E-state index in [1.54, 1.807) is 28.4 Å². The van der Waals surface area contributed by atoms with Gasteiger partial charge in [0, 0.05) is 27.1 Å². The number of nitrogens with zero attached hydrogens (tertiary/aromatic N) is 2. The van der Waals surface area contributed by atoms with E-state index < -0.39 is 130 Å². The number of hydrogen-bond donors (Lipinski definition) is 7. The number of alkyl carbamates (subject to hydrolysis) is 2. The summed E-state index contributed by atoms with van der Waals surface area (Å²) in [5, 5.41) is 21.7. The van der Waals surface area contributed by atoms with Crippen molar-refractivity contribution in [2.75, 3.05) is 54.7 Å². The van der Waals surface area contributed by atoms with Crippen LogP contribution >= 0.6 is 0 Å². The molecule has 6 aliphatic carbocycles. The van der Waals surface area contributed by atoms with Crippen LogP contribution in [-0.4, -0.2) is 180 Å². The molecule has 8 N–H and O–H groups in total. The number of benzene rings is 4. The predicted molar refractivity (Wildman–Crippen MR) is 431 cm³/mol. The zero-order valence-electron chi connectivity index (χ0n) is 68.1. The van der Waals surface area contributed by atoms with E-state index in [1.165, 1.54) is 9.80 Å². The third-order valence-corrected chi connectivity index (χ3v) is 29.2. The first-order valence-electron chi connectivity index (χ1n) is 40.2. The lowest BCUT2D eigenvalue weighted by Gasteiger charge is -2.36. The molecule has 4 heterocycles. The second-order valence-electron chi connectivity index (χ2n) is 37.4. The molecule has 14 rings (SSSR count). The molecule has 0 radical (unpaired) electrons. The first kappa shape index (κ1) is 87.0. The van der Waals surface area contributed by atoms with Crippen LogP contribution in [0.3, 0.4) is 0 Å². The van der Waals surface area contributed by atoms with Crippen molar-refractivity contribution in [1.82, 2.24) is 35.2 Å². The monoisotopic (exact) mass is 1620 g/mol. The average Bonchev–Trinajstić information content (AvgIpc) is 1.25. The van der Waals surface area contributed by atoms with Crippen molar-refractivity contribution >= 4 is 89.3 Å². The van der Waals surface area contributed by atoms with E-state index >= 15 is 0 Å². The molecule has 114 heavy (non-hydrogen) atoms. The fourth-order valence-electron chi connectivity index (χ4n) is 17.3. The van der Waals surface area contributed by atoms with Gasteiger partial charge < -0.3 is 65.0 Å². The molecule has 4 aromatic carbocycles. The van der Waals surface area contributed by atoms with Crippen LogP contribution in [0.4, 0.5) is 9.59 Å². The first-order valence-corrected chi connectivity index (χ1v) is 43.3. The van der Waals surface area contributed by atoms with Gasteiger partial charge in [-0.05, 0) is 241 Å². The van der Waals surface area contributed by atoms with E-state index in [2.05, 4.69) is 65.2 Å². The van der Waals surface area contributed by atoms with Crippen LogP contribution in [0.25, 0.3) is 21.5 Å². The van der Waals surface area contributed by atoms with Crippen molar-refractivity contribution < 1.29 is 88.7 Å². The number of nitrogens with one attached hydrogen (secondary N) is 5. The summed E-state index contributed by atoms with van der Waals surface area (Å²) in [6.45, 7) is 20.0. The molecular weight excluding hydrogens is 1500 g/mol. The van der Waals surface area contributed by atoms with Gasteiger partial charge in [0.05, 0.1) is 56.6 Å². The van der Waals surface area contributed by atoms with Crippen LogP contribution in [0.5, 0.6) is 11.5 Å². The number of nitrogens with two attached hydrogens (primary N) is 1. The number of ether oxygens (including phenoxy) is 6. The summed E-state index contributed by atoms with van der Waals surface area (Å²) in [5.41, 5.74) is 3.46. The summed E-state index contributed by atoms with van der Waals surface area (Å²) in [6.07, 6.45) is 12.6. The molecule has 8 fully saturated rings. The Morgan fingerprint density at radius 1 is 0.544 bits per heavy atom. The number of sulfonamides is 2. The number of methoxy groups -OCH3 is 4. The van der Waals surface area contributed by atoms with E-state index in [4.69, 9.17) is 34.2 Å². The maximum Gasteiger partial charge on any atom is 0.407 e. The number of carboxylic acids is 1. The highest BCUT2D eigenvalue weighted by molar-refractivity contribution is 7.91. The number of cyclic esters (lactones) is 2. The van der Waals surface area contributed by atoms with Gasteiger partial charge in [-0.3, -0.25) is 33.4 Å². The van der Waals surface area contributed by atoms with Crippen molar-refractivity contribution in [2.45, 2.75) is 262 Å². The molecule has 0 unspecified atom stereocenters. The molecule has 0 spiro atoms. The van der Waals surface area contributed by atoms with Gasteiger partial charge in [0.15, 0.2) is 0 Å². The number of fused-ring (bicyclic) bond motifs is 10. The van der Waals surface area contributed by atoms with E-state index in [0.29, 0.717) is 57.3 Å². The van der Waals surface area contributed by atoms with Crippen LogP contribution in [0.2, 0.25) is 0 Å². The van der Waals surface area contributed by atoms with Crippen molar-refractivity contribution in [1.29, 1.82) is 0 Å². The highest BCUT2D eigenvalue weighted by Crippen LogP contribution is 2.59. The lowest BCUT2D eigenvalue weighted by atomic mass is 9.83. The fourth-order valence-corrected chi connectivity index (χ4v) is 20.0. The quantitative estimate of drug-likeness (QED) is 0.0581. The van der Waals surface area contributed by atoms with Crippen LogP contribution < -0.4 is 40.6 Å². The topological polar surface area (TPSA) is 373 Å². The molecule has 29 heteroatoms. The van der Waals surface area contributed by atoms with Crippen molar-refractivity contribution in [2.24, 2.45) is 51.1 Å². The number of carbonyl (C=O) groups excluding carboxylic acids is 7. The Balaban J connectivity index is 0.000000192. The summed E-state index contributed by atoms with van der Waals surface area (Å²) >= 11 is 0. The number of amides is 7. The smallest absolute Gasteiger partial charge is 0.407 e. The van der Waals surface area contributed by atoms with Gasteiger partial charge in [-0.2, -0.15) is 0 Å². The molecule has 27 nitrogen and oxygen atoms in total. The summed E-state index contributed by atoms with van der Waals surface area (Å²) in [7, 11) is -0.861. The number of carboxylic acid groups (broad SMARTS) is 1. The van der Waals surface area contributed by atoms with Crippen LogP contribution in [0.15, 0.2) is 60.7 Å². The van der Waals surface area contributed by atoms with E-state index in [9.17, 15) is 60.3 Å². The zero-order chi connectivity index (χ0) is 82.1. The maximum absolute atomic E-state index is 14.9.